The first-order valence-electron chi connectivity index (χ1n) is 6.10. The van der Waals surface area contributed by atoms with Crippen LogP contribution < -0.4 is 11.1 Å². The van der Waals surface area contributed by atoms with Gasteiger partial charge in [-0.15, -0.1) is 11.3 Å². The average Bonchev–Trinajstić information content (AvgIpc) is 2.66. The summed E-state index contributed by atoms with van der Waals surface area (Å²) in [4.78, 5) is 21.8. The molecule has 1 unspecified atom stereocenters. The lowest BCUT2D eigenvalue weighted by molar-refractivity contribution is 0.0915. The average molecular weight is 278 g/mol. The summed E-state index contributed by atoms with van der Waals surface area (Å²) in [5, 5.41) is 2.97. The lowest BCUT2D eigenvalue weighted by Gasteiger charge is -2.27. The third kappa shape index (κ3) is 2.68. The fraction of sp³-hybridized carbons (Fsp3) is 0.462. The van der Waals surface area contributed by atoms with E-state index in [1.54, 1.807) is 12.4 Å². The summed E-state index contributed by atoms with van der Waals surface area (Å²) in [5.74, 6) is -0.162. The number of hydrogen-bond donors (Lipinski definition) is 2. The first-order chi connectivity index (χ1) is 8.80. The van der Waals surface area contributed by atoms with Crippen LogP contribution in [0.15, 0.2) is 12.4 Å². The van der Waals surface area contributed by atoms with Gasteiger partial charge in [0.05, 0.1) is 5.69 Å². The number of fused-ring (bicyclic) bond motifs is 1. The molecular formula is C13H18N4OS. The van der Waals surface area contributed by atoms with Gasteiger partial charge in [0.25, 0.3) is 5.91 Å². The van der Waals surface area contributed by atoms with Crippen molar-refractivity contribution in [1.82, 2.24) is 15.3 Å². The monoisotopic (exact) mass is 278 g/mol. The Morgan fingerprint density at radius 1 is 1.37 bits per heavy atom. The SMILES string of the molecule is CC(NC(=O)c1sc2nccnc2c1N)C(C)(C)C. The molecule has 1 amide bonds. The van der Waals surface area contributed by atoms with Crippen molar-refractivity contribution in [2.24, 2.45) is 5.41 Å². The highest BCUT2D eigenvalue weighted by atomic mass is 32.1. The van der Waals surface area contributed by atoms with Gasteiger partial charge in [0.2, 0.25) is 0 Å². The van der Waals surface area contributed by atoms with Gasteiger partial charge in [0.1, 0.15) is 15.2 Å². The Labute approximate surface area is 116 Å². The van der Waals surface area contributed by atoms with Crippen molar-refractivity contribution >= 4 is 33.3 Å². The number of nitrogen functional groups attached to an aromatic ring is 1. The van der Waals surface area contributed by atoms with Gasteiger partial charge < -0.3 is 11.1 Å². The third-order valence-corrected chi connectivity index (χ3v) is 4.32. The molecule has 0 fully saturated rings. The predicted octanol–water partition coefficient (Wildman–Crippen LogP) is 2.44. The van der Waals surface area contributed by atoms with Crippen molar-refractivity contribution in [3.63, 3.8) is 0 Å². The van der Waals surface area contributed by atoms with Crippen LogP contribution in [0.25, 0.3) is 10.3 Å². The van der Waals surface area contributed by atoms with Crippen LogP contribution >= 0.6 is 11.3 Å². The molecule has 0 bridgehead atoms. The molecule has 6 heteroatoms. The molecule has 19 heavy (non-hydrogen) atoms. The van der Waals surface area contributed by atoms with Gasteiger partial charge in [0.15, 0.2) is 0 Å². The zero-order chi connectivity index (χ0) is 14.2. The number of hydrogen-bond acceptors (Lipinski definition) is 5. The van der Waals surface area contributed by atoms with Gasteiger partial charge in [-0.3, -0.25) is 4.79 Å². The zero-order valence-corrected chi connectivity index (χ0v) is 12.3. The molecule has 0 aliphatic rings. The Morgan fingerprint density at radius 3 is 2.58 bits per heavy atom. The summed E-state index contributed by atoms with van der Waals surface area (Å²) in [6.07, 6.45) is 3.17. The van der Waals surface area contributed by atoms with Crippen molar-refractivity contribution in [2.45, 2.75) is 33.7 Å². The molecule has 2 rings (SSSR count). The van der Waals surface area contributed by atoms with Crippen molar-refractivity contribution in [2.75, 3.05) is 5.73 Å². The molecule has 5 nitrogen and oxygen atoms in total. The second kappa shape index (κ2) is 4.77. The number of anilines is 1. The van der Waals surface area contributed by atoms with E-state index in [1.165, 1.54) is 11.3 Å². The Morgan fingerprint density at radius 2 is 2.00 bits per heavy atom. The molecule has 0 saturated carbocycles. The highest BCUT2D eigenvalue weighted by Crippen LogP contribution is 2.30. The van der Waals surface area contributed by atoms with E-state index in [0.717, 1.165) is 0 Å². The summed E-state index contributed by atoms with van der Waals surface area (Å²) in [7, 11) is 0. The van der Waals surface area contributed by atoms with Gasteiger partial charge in [-0.2, -0.15) is 0 Å². The van der Waals surface area contributed by atoms with Crippen molar-refractivity contribution in [1.29, 1.82) is 0 Å². The summed E-state index contributed by atoms with van der Waals surface area (Å²) in [6.45, 7) is 8.22. The summed E-state index contributed by atoms with van der Waals surface area (Å²) in [5.41, 5.74) is 6.98. The van der Waals surface area contributed by atoms with Crippen LogP contribution in [0.1, 0.15) is 37.4 Å². The largest absolute Gasteiger partial charge is 0.396 e. The predicted molar refractivity (Wildman–Crippen MR) is 78.2 cm³/mol. The minimum absolute atomic E-state index is 0.00238. The molecule has 2 heterocycles. The number of nitrogens with two attached hydrogens (primary N) is 1. The molecule has 0 aromatic carbocycles. The number of aromatic nitrogens is 2. The van der Waals surface area contributed by atoms with E-state index in [0.29, 0.717) is 20.9 Å². The molecule has 0 spiro atoms. The number of thiophene rings is 1. The van der Waals surface area contributed by atoms with Crippen LogP contribution in [0.4, 0.5) is 5.69 Å². The molecule has 3 N–H and O–H groups in total. The van der Waals surface area contributed by atoms with E-state index in [2.05, 4.69) is 36.1 Å². The normalized spacial score (nSPS) is 13.5. The molecule has 0 saturated heterocycles. The van der Waals surface area contributed by atoms with E-state index >= 15 is 0 Å². The number of nitrogens with zero attached hydrogens (tertiary/aromatic N) is 2. The topological polar surface area (TPSA) is 80.9 Å². The first-order valence-corrected chi connectivity index (χ1v) is 6.92. The van der Waals surface area contributed by atoms with Gasteiger partial charge in [-0.25, -0.2) is 9.97 Å². The maximum atomic E-state index is 12.3. The second-order valence-corrected chi connectivity index (χ2v) is 6.62. The van der Waals surface area contributed by atoms with Crippen LogP contribution in [0.2, 0.25) is 0 Å². The Hall–Kier alpha value is -1.69. The van der Waals surface area contributed by atoms with E-state index in [-0.39, 0.29) is 17.4 Å². The lowest BCUT2D eigenvalue weighted by Crippen LogP contribution is -2.41. The standard InChI is InChI=1S/C13H18N4OS/c1-7(13(2,3)4)17-11(18)10-8(14)9-12(19-10)16-6-5-15-9/h5-7H,14H2,1-4H3,(H,17,18). The molecular weight excluding hydrogens is 260 g/mol. The zero-order valence-electron chi connectivity index (χ0n) is 11.5. The van der Waals surface area contributed by atoms with Crippen LogP contribution in [0, 0.1) is 5.41 Å². The van der Waals surface area contributed by atoms with Crippen molar-refractivity contribution < 1.29 is 4.79 Å². The van der Waals surface area contributed by atoms with Crippen LogP contribution in [0.3, 0.4) is 0 Å². The first kappa shape index (κ1) is 13.7. The fourth-order valence-electron chi connectivity index (χ4n) is 1.49. The molecule has 0 aliphatic carbocycles. The van der Waals surface area contributed by atoms with Crippen molar-refractivity contribution in [3.8, 4) is 0 Å². The second-order valence-electron chi connectivity index (χ2n) is 5.62. The van der Waals surface area contributed by atoms with E-state index < -0.39 is 0 Å². The number of nitrogens with one attached hydrogen (secondary N) is 1. The summed E-state index contributed by atoms with van der Waals surface area (Å²) in [6, 6.07) is 0.0468. The fourth-order valence-corrected chi connectivity index (χ4v) is 2.42. The summed E-state index contributed by atoms with van der Waals surface area (Å²) < 4.78 is 0. The summed E-state index contributed by atoms with van der Waals surface area (Å²) >= 11 is 1.27. The maximum Gasteiger partial charge on any atom is 0.263 e. The quantitative estimate of drug-likeness (QED) is 0.884. The molecule has 0 aliphatic heterocycles. The van der Waals surface area contributed by atoms with Crippen LogP contribution in [-0.2, 0) is 0 Å². The Kier molecular flexibility index (Phi) is 3.45. The Balaban J connectivity index is 2.30. The molecule has 102 valence electrons. The minimum atomic E-state index is -0.162. The Bertz CT molecular complexity index is 615. The van der Waals surface area contributed by atoms with Gasteiger partial charge in [0, 0.05) is 18.4 Å². The number of amides is 1. The maximum absolute atomic E-state index is 12.3. The van der Waals surface area contributed by atoms with Crippen LogP contribution in [0.5, 0.6) is 0 Å². The van der Waals surface area contributed by atoms with Gasteiger partial charge >= 0.3 is 0 Å². The highest BCUT2D eigenvalue weighted by molar-refractivity contribution is 7.21. The van der Waals surface area contributed by atoms with Gasteiger partial charge in [-0.1, -0.05) is 20.8 Å². The molecule has 2 aromatic heterocycles. The smallest absolute Gasteiger partial charge is 0.263 e. The number of carbonyl (C=O) groups excluding carboxylic acids is 1. The van der Waals surface area contributed by atoms with Gasteiger partial charge in [-0.05, 0) is 12.3 Å². The van der Waals surface area contributed by atoms with E-state index in [9.17, 15) is 4.79 Å². The minimum Gasteiger partial charge on any atom is -0.396 e. The number of carbonyl (C=O) groups is 1. The van der Waals surface area contributed by atoms with E-state index in [4.69, 9.17) is 5.73 Å². The molecule has 2 aromatic rings. The lowest BCUT2D eigenvalue weighted by atomic mass is 9.88. The van der Waals surface area contributed by atoms with E-state index in [1.807, 2.05) is 6.92 Å². The molecule has 0 radical (unpaired) electrons. The number of rotatable bonds is 2. The van der Waals surface area contributed by atoms with Crippen LogP contribution in [-0.4, -0.2) is 21.9 Å². The third-order valence-electron chi connectivity index (χ3n) is 3.22. The molecule has 1 atom stereocenters. The highest BCUT2D eigenvalue weighted by Gasteiger charge is 2.25. The van der Waals surface area contributed by atoms with Crippen molar-refractivity contribution in [3.05, 3.63) is 17.3 Å².